The molecule has 3 atom stereocenters. The first-order chi connectivity index (χ1) is 10.2. The number of likely N-dealkylation sites (N-methyl/N-ethyl adjacent to an activating group) is 1. The summed E-state index contributed by atoms with van der Waals surface area (Å²) in [5.41, 5.74) is 3.15. The minimum absolute atomic E-state index is 0.733. The van der Waals surface area contributed by atoms with Gasteiger partial charge >= 0.3 is 0 Å². The third-order valence-electron chi connectivity index (χ3n) is 5.64. The molecule has 2 aliphatic carbocycles. The van der Waals surface area contributed by atoms with Crippen LogP contribution >= 0.6 is 0 Å². The van der Waals surface area contributed by atoms with Crippen LogP contribution in [-0.4, -0.2) is 31.6 Å². The number of ether oxygens (including phenoxy) is 1. The van der Waals surface area contributed by atoms with Gasteiger partial charge in [0.2, 0.25) is 0 Å². The second-order valence-electron chi connectivity index (χ2n) is 6.87. The van der Waals surface area contributed by atoms with Crippen LogP contribution in [-0.2, 0) is 6.42 Å². The summed E-state index contributed by atoms with van der Waals surface area (Å²) in [6, 6.07) is 7.50. The molecule has 2 aliphatic rings. The molecule has 1 aromatic carbocycles. The van der Waals surface area contributed by atoms with Gasteiger partial charge in [-0.05, 0) is 74.4 Å². The summed E-state index contributed by atoms with van der Waals surface area (Å²) in [6.07, 6.45) is 8.04. The molecule has 2 nitrogen and oxygen atoms in total. The van der Waals surface area contributed by atoms with Crippen molar-refractivity contribution in [2.24, 2.45) is 5.92 Å². The Bertz CT molecular complexity index is 484. The van der Waals surface area contributed by atoms with Crippen LogP contribution in [0.25, 0.3) is 0 Å². The van der Waals surface area contributed by atoms with Crippen LogP contribution in [0.15, 0.2) is 18.2 Å². The average molecular weight is 287 g/mol. The van der Waals surface area contributed by atoms with E-state index in [1.165, 1.54) is 45.1 Å². The van der Waals surface area contributed by atoms with Gasteiger partial charge in [0.15, 0.2) is 0 Å². The Kier molecular flexibility index (Phi) is 4.54. The van der Waals surface area contributed by atoms with Crippen molar-refractivity contribution in [3.8, 4) is 5.75 Å². The molecule has 0 aromatic heterocycles. The Balaban J connectivity index is 1.94. The van der Waals surface area contributed by atoms with Gasteiger partial charge in [-0.15, -0.1) is 0 Å². The molecule has 0 aliphatic heterocycles. The summed E-state index contributed by atoms with van der Waals surface area (Å²) in [7, 11) is 4.11. The van der Waals surface area contributed by atoms with Crippen LogP contribution in [0.1, 0.15) is 56.1 Å². The normalized spacial score (nSPS) is 28.1. The van der Waals surface area contributed by atoms with E-state index in [1.807, 2.05) is 0 Å². The molecule has 2 unspecified atom stereocenters. The Hall–Kier alpha value is -1.02. The SMILES string of the molecule is CCCN(C)[C@H]1Cc2ccc(OC)cc2C2CCCCC21. The quantitative estimate of drug-likeness (QED) is 0.821. The van der Waals surface area contributed by atoms with Gasteiger partial charge < -0.3 is 9.64 Å². The van der Waals surface area contributed by atoms with Crippen LogP contribution < -0.4 is 4.74 Å². The molecule has 116 valence electrons. The lowest BCUT2D eigenvalue weighted by atomic mass is 9.65. The summed E-state index contributed by atoms with van der Waals surface area (Å²) in [4.78, 5) is 2.62. The Morgan fingerprint density at radius 1 is 1.24 bits per heavy atom. The molecule has 1 fully saturated rings. The van der Waals surface area contributed by atoms with Gasteiger partial charge in [0.25, 0.3) is 0 Å². The standard InChI is InChI=1S/C19H29NO/c1-4-11-20(2)19-12-14-9-10-15(21-3)13-18(14)16-7-5-6-8-17(16)19/h9-10,13,16-17,19H,4-8,11-12H2,1-3H3/t16?,17?,19-/m0/s1. The van der Waals surface area contributed by atoms with Crippen molar-refractivity contribution < 1.29 is 4.74 Å². The predicted octanol–water partition coefficient (Wildman–Crippen LogP) is 4.24. The summed E-state index contributed by atoms with van der Waals surface area (Å²) in [5, 5.41) is 0. The number of hydrogen-bond acceptors (Lipinski definition) is 2. The molecule has 0 spiro atoms. The fraction of sp³-hybridized carbons (Fsp3) is 0.684. The topological polar surface area (TPSA) is 12.5 Å². The number of fused-ring (bicyclic) bond motifs is 3. The van der Waals surface area contributed by atoms with Gasteiger partial charge in [-0.2, -0.15) is 0 Å². The first-order valence-electron chi connectivity index (χ1n) is 8.61. The third kappa shape index (κ3) is 2.83. The fourth-order valence-corrected chi connectivity index (χ4v) is 4.62. The number of methoxy groups -OCH3 is 1. The average Bonchev–Trinajstić information content (AvgIpc) is 2.53. The van der Waals surface area contributed by atoms with E-state index in [2.05, 4.69) is 37.1 Å². The number of hydrogen-bond donors (Lipinski definition) is 0. The summed E-state index contributed by atoms with van der Waals surface area (Å²) < 4.78 is 5.46. The third-order valence-corrected chi connectivity index (χ3v) is 5.64. The highest BCUT2D eigenvalue weighted by molar-refractivity contribution is 5.41. The first-order valence-corrected chi connectivity index (χ1v) is 8.61. The fourth-order valence-electron chi connectivity index (χ4n) is 4.62. The van der Waals surface area contributed by atoms with Crippen molar-refractivity contribution in [3.05, 3.63) is 29.3 Å². The maximum atomic E-state index is 5.46. The van der Waals surface area contributed by atoms with E-state index in [4.69, 9.17) is 4.74 Å². The van der Waals surface area contributed by atoms with Gasteiger partial charge in [-0.3, -0.25) is 0 Å². The Labute approximate surface area is 129 Å². The Morgan fingerprint density at radius 3 is 2.81 bits per heavy atom. The highest BCUT2D eigenvalue weighted by Crippen LogP contribution is 2.47. The summed E-state index contributed by atoms with van der Waals surface area (Å²) >= 11 is 0. The van der Waals surface area contributed by atoms with Gasteiger partial charge in [0.05, 0.1) is 7.11 Å². The lowest BCUT2D eigenvalue weighted by Gasteiger charge is -2.46. The lowest BCUT2D eigenvalue weighted by Crippen LogP contribution is -2.46. The molecule has 0 radical (unpaired) electrons. The summed E-state index contributed by atoms with van der Waals surface area (Å²) in [6.45, 7) is 3.51. The predicted molar refractivity (Wildman–Crippen MR) is 88.1 cm³/mol. The first kappa shape index (κ1) is 14.9. The molecule has 0 amide bonds. The van der Waals surface area contributed by atoms with Crippen molar-refractivity contribution in [3.63, 3.8) is 0 Å². The minimum atomic E-state index is 0.733. The Morgan fingerprint density at radius 2 is 2.05 bits per heavy atom. The molecule has 0 heterocycles. The van der Waals surface area contributed by atoms with Crippen molar-refractivity contribution in [1.29, 1.82) is 0 Å². The molecule has 1 saturated carbocycles. The maximum absolute atomic E-state index is 5.46. The maximum Gasteiger partial charge on any atom is 0.119 e. The zero-order chi connectivity index (χ0) is 14.8. The van der Waals surface area contributed by atoms with Gasteiger partial charge in [0.1, 0.15) is 5.75 Å². The number of nitrogens with zero attached hydrogens (tertiary/aromatic N) is 1. The lowest BCUT2D eigenvalue weighted by molar-refractivity contribution is 0.115. The molecular formula is C19H29NO. The smallest absolute Gasteiger partial charge is 0.119 e. The molecule has 0 saturated heterocycles. The summed E-state index contributed by atoms with van der Waals surface area (Å²) in [5.74, 6) is 2.62. The van der Waals surface area contributed by atoms with E-state index in [0.717, 1.165) is 23.6 Å². The van der Waals surface area contributed by atoms with Crippen LogP contribution in [0.2, 0.25) is 0 Å². The van der Waals surface area contributed by atoms with E-state index in [-0.39, 0.29) is 0 Å². The second-order valence-corrected chi connectivity index (χ2v) is 6.87. The van der Waals surface area contributed by atoms with Crippen LogP contribution in [0.4, 0.5) is 0 Å². The van der Waals surface area contributed by atoms with E-state index in [9.17, 15) is 0 Å². The molecule has 0 bridgehead atoms. The second kappa shape index (κ2) is 6.39. The van der Waals surface area contributed by atoms with Gasteiger partial charge in [0, 0.05) is 6.04 Å². The number of rotatable bonds is 4. The van der Waals surface area contributed by atoms with E-state index < -0.39 is 0 Å². The van der Waals surface area contributed by atoms with Gasteiger partial charge in [-0.25, -0.2) is 0 Å². The molecule has 1 aromatic rings. The van der Waals surface area contributed by atoms with Gasteiger partial charge in [-0.1, -0.05) is 25.8 Å². The highest BCUT2D eigenvalue weighted by atomic mass is 16.5. The van der Waals surface area contributed by atoms with Crippen molar-refractivity contribution in [2.75, 3.05) is 20.7 Å². The van der Waals surface area contributed by atoms with E-state index in [1.54, 1.807) is 18.2 Å². The van der Waals surface area contributed by atoms with Crippen LogP contribution in [0.5, 0.6) is 5.75 Å². The van der Waals surface area contributed by atoms with Crippen LogP contribution in [0.3, 0.4) is 0 Å². The zero-order valence-electron chi connectivity index (χ0n) is 13.8. The van der Waals surface area contributed by atoms with E-state index >= 15 is 0 Å². The molecule has 2 heteroatoms. The molecule has 0 N–H and O–H groups in total. The van der Waals surface area contributed by atoms with Crippen LogP contribution in [0, 0.1) is 5.92 Å². The highest BCUT2D eigenvalue weighted by Gasteiger charge is 2.39. The monoisotopic (exact) mass is 287 g/mol. The zero-order valence-corrected chi connectivity index (χ0v) is 13.8. The molecule has 21 heavy (non-hydrogen) atoms. The number of benzene rings is 1. The van der Waals surface area contributed by atoms with Crippen molar-refractivity contribution >= 4 is 0 Å². The largest absolute Gasteiger partial charge is 0.497 e. The van der Waals surface area contributed by atoms with Crippen molar-refractivity contribution in [1.82, 2.24) is 4.90 Å². The van der Waals surface area contributed by atoms with E-state index in [0.29, 0.717) is 0 Å². The molecule has 3 rings (SSSR count). The van der Waals surface area contributed by atoms with Crippen molar-refractivity contribution in [2.45, 2.75) is 57.4 Å². The minimum Gasteiger partial charge on any atom is -0.497 e. The molecular weight excluding hydrogens is 258 g/mol.